The van der Waals surface area contributed by atoms with Crippen molar-refractivity contribution in [3.8, 4) is 0 Å². The topological polar surface area (TPSA) is 86.4 Å². The first-order valence-electron chi connectivity index (χ1n) is 5.83. The van der Waals surface area contributed by atoms with Crippen LogP contribution in [-0.4, -0.2) is 29.2 Å². The second kappa shape index (κ2) is 4.81. The normalized spacial score (nSPS) is 22.9. The molecule has 1 fully saturated rings. The van der Waals surface area contributed by atoms with Gasteiger partial charge in [0.2, 0.25) is 5.91 Å². The number of nitrogens with one attached hydrogen (secondary N) is 1. The Kier molecular flexibility index (Phi) is 3.38. The number of hydrogen-bond acceptors (Lipinski definition) is 4. The monoisotopic (exact) mass is 251 g/mol. The fourth-order valence-electron chi connectivity index (χ4n) is 1.97. The number of anilines is 1. The zero-order valence-electron chi connectivity index (χ0n) is 10.3. The van der Waals surface area contributed by atoms with Gasteiger partial charge in [-0.1, -0.05) is 0 Å². The molecule has 1 aliphatic heterocycles. The quantitative estimate of drug-likeness (QED) is 0.774. The molecule has 0 spiro atoms. The summed E-state index contributed by atoms with van der Waals surface area (Å²) >= 11 is 0. The Morgan fingerprint density at radius 1 is 1.61 bits per heavy atom. The highest BCUT2D eigenvalue weighted by Gasteiger charge is 2.31. The molecule has 1 unspecified atom stereocenters. The van der Waals surface area contributed by atoms with E-state index in [-0.39, 0.29) is 23.6 Å². The van der Waals surface area contributed by atoms with Crippen LogP contribution in [0, 0.1) is 0 Å². The van der Waals surface area contributed by atoms with E-state index in [1.54, 1.807) is 0 Å². The highest BCUT2D eigenvalue weighted by Crippen LogP contribution is 2.17. The molecule has 6 heteroatoms. The third-order valence-corrected chi connectivity index (χ3v) is 2.98. The Labute approximate surface area is 105 Å². The van der Waals surface area contributed by atoms with Crippen LogP contribution in [-0.2, 0) is 16.1 Å². The maximum Gasteiger partial charge on any atom is 0.251 e. The lowest BCUT2D eigenvalue weighted by atomic mass is 10.0. The molecule has 0 saturated carbocycles. The number of ether oxygens (including phenoxy) is 1. The summed E-state index contributed by atoms with van der Waals surface area (Å²) < 4.78 is 6.55. The number of rotatable bonds is 3. The lowest BCUT2D eigenvalue weighted by Crippen LogP contribution is -2.48. The molecule has 1 aliphatic rings. The zero-order valence-corrected chi connectivity index (χ0v) is 10.3. The molecular formula is C12H17N3O3. The third-order valence-electron chi connectivity index (χ3n) is 2.98. The molecule has 0 aromatic carbocycles. The molecule has 98 valence electrons. The van der Waals surface area contributed by atoms with Gasteiger partial charge in [-0.2, -0.15) is 0 Å². The number of hydrogen-bond donors (Lipinski definition) is 2. The van der Waals surface area contributed by atoms with Crippen LogP contribution in [0.4, 0.5) is 5.69 Å². The second-order valence-electron chi connectivity index (χ2n) is 4.84. The van der Waals surface area contributed by atoms with Crippen molar-refractivity contribution in [2.24, 2.45) is 0 Å². The number of pyridine rings is 1. The van der Waals surface area contributed by atoms with Crippen molar-refractivity contribution in [2.75, 3.05) is 18.9 Å². The van der Waals surface area contributed by atoms with E-state index in [2.05, 4.69) is 5.32 Å². The lowest BCUT2D eigenvalue weighted by Gasteiger charge is -2.23. The predicted molar refractivity (Wildman–Crippen MR) is 67.1 cm³/mol. The van der Waals surface area contributed by atoms with Gasteiger partial charge in [-0.05, 0) is 19.4 Å². The number of aromatic nitrogens is 1. The highest BCUT2D eigenvalue weighted by atomic mass is 16.5. The Balaban J connectivity index is 2.03. The van der Waals surface area contributed by atoms with E-state index in [1.165, 1.54) is 22.9 Å². The highest BCUT2D eigenvalue weighted by molar-refractivity contribution is 5.76. The Bertz CT molecular complexity index is 504. The summed E-state index contributed by atoms with van der Waals surface area (Å²) in [7, 11) is 0. The molecule has 0 radical (unpaired) electrons. The summed E-state index contributed by atoms with van der Waals surface area (Å²) in [5.41, 5.74) is 5.46. The minimum atomic E-state index is -0.332. The van der Waals surface area contributed by atoms with Gasteiger partial charge in [0.25, 0.3) is 5.56 Å². The summed E-state index contributed by atoms with van der Waals surface area (Å²) in [6.07, 6.45) is 2.25. The van der Waals surface area contributed by atoms with Gasteiger partial charge in [-0.25, -0.2) is 0 Å². The van der Waals surface area contributed by atoms with Gasteiger partial charge >= 0.3 is 0 Å². The molecule has 3 N–H and O–H groups in total. The van der Waals surface area contributed by atoms with Gasteiger partial charge in [-0.15, -0.1) is 0 Å². The first-order chi connectivity index (χ1) is 8.48. The number of carbonyl (C=O) groups is 1. The number of nitrogens with zero attached hydrogens (tertiary/aromatic N) is 1. The fraction of sp³-hybridized carbons (Fsp3) is 0.500. The number of carbonyl (C=O) groups excluding carboxylic acids is 1. The van der Waals surface area contributed by atoms with Crippen LogP contribution in [0.2, 0.25) is 0 Å². The second-order valence-corrected chi connectivity index (χ2v) is 4.84. The van der Waals surface area contributed by atoms with E-state index in [4.69, 9.17) is 10.5 Å². The van der Waals surface area contributed by atoms with Crippen LogP contribution < -0.4 is 16.6 Å². The van der Waals surface area contributed by atoms with Crippen molar-refractivity contribution in [2.45, 2.75) is 25.4 Å². The van der Waals surface area contributed by atoms with Gasteiger partial charge < -0.3 is 20.4 Å². The van der Waals surface area contributed by atoms with Crippen LogP contribution in [0.15, 0.2) is 23.1 Å². The van der Waals surface area contributed by atoms with Crippen molar-refractivity contribution in [1.82, 2.24) is 9.88 Å². The van der Waals surface area contributed by atoms with Crippen LogP contribution >= 0.6 is 0 Å². The van der Waals surface area contributed by atoms with E-state index in [0.717, 1.165) is 6.42 Å². The summed E-state index contributed by atoms with van der Waals surface area (Å²) in [6, 6.07) is 2.87. The van der Waals surface area contributed by atoms with Gasteiger partial charge in [-0.3, -0.25) is 9.59 Å². The minimum Gasteiger partial charge on any atom is -0.398 e. The van der Waals surface area contributed by atoms with E-state index < -0.39 is 0 Å². The molecule has 18 heavy (non-hydrogen) atoms. The summed E-state index contributed by atoms with van der Waals surface area (Å²) in [5.74, 6) is -0.212. The number of nitrogen functional groups attached to an aromatic ring is 1. The fourth-order valence-corrected chi connectivity index (χ4v) is 1.97. The van der Waals surface area contributed by atoms with Gasteiger partial charge in [0.1, 0.15) is 6.54 Å². The molecule has 1 aromatic heterocycles. The molecule has 1 amide bonds. The average Bonchev–Trinajstić information content (AvgIpc) is 2.70. The molecule has 1 atom stereocenters. The third kappa shape index (κ3) is 2.89. The number of amides is 1. The number of nitrogens with two attached hydrogens (primary N) is 1. The Morgan fingerprint density at radius 2 is 2.39 bits per heavy atom. The van der Waals surface area contributed by atoms with Gasteiger partial charge in [0.05, 0.1) is 12.1 Å². The molecule has 2 rings (SSSR count). The molecule has 2 heterocycles. The van der Waals surface area contributed by atoms with Crippen LogP contribution in [0.1, 0.15) is 13.3 Å². The van der Waals surface area contributed by atoms with E-state index >= 15 is 0 Å². The van der Waals surface area contributed by atoms with E-state index in [9.17, 15) is 9.59 Å². The van der Waals surface area contributed by atoms with Crippen molar-refractivity contribution < 1.29 is 9.53 Å². The maximum absolute atomic E-state index is 11.9. The smallest absolute Gasteiger partial charge is 0.251 e. The maximum atomic E-state index is 11.9. The minimum absolute atomic E-state index is 0.0283. The molecule has 0 aliphatic carbocycles. The lowest BCUT2D eigenvalue weighted by molar-refractivity contribution is -0.123. The molecule has 6 nitrogen and oxygen atoms in total. The van der Waals surface area contributed by atoms with Crippen molar-refractivity contribution in [1.29, 1.82) is 0 Å². The van der Waals surface area contributed by atoms with Gasteiger partial charge in [0, 0.05) is 24.6 Å². The van der Waals surface area contributed by atoms with E-state index in [0.29, 0.717) is 18.9 Å². The van der Waals surface area contributed by atoms with Crippen LogP contribution in [0.25, 0.3) is 0 Å². The van der Waals surface area contributed by atoms with Crippen molar-refractivity contribution >= 4 is 11.6 Å². The van der Waals surface area contributed by atoms with Crippen LogP contribution in [0.5, 0.6) is 0 Å². The van der Waals surface area contributed by atoms with Crippen LogP contribution in [0.3, 0.4) is 0 Å². The summed E-state index contributed by atoms with van der Waals surface area (Å²) in [4.78, 5) is 23.4. The standard InChI is InChI=1S/C12H17N3O3/c1-12(4-5-18-8-12)14-10(16)7-15-6-9(13)2-3-11(15)17/h2-3,6H,4-5,7-8,13H2,1H3,(H,14,16). The Morgan fingerprint density at radius 3 is 3.06 bits per heavy atom. The summed E-state index contributed by atoms with van der Waals surface area (Å²) in [6.45, 7) is 3.05. The largest absolute Gasteiger partial charge is 0.398 e. The zero-order chi connectivity index (χ0) is 13.2. The summed E-state index contributed by atoms with van der Waals surface area (Å²) in [5, 5.41) is 2.89. The van der Waals surface area contributed by atoms with Crippen molar-refractivity contribution in [3.05, 3.63) is 28.7 Å². The Hall–Kier alpha value is -1.82. The first kappa shape index (κ1) is 12.6. The SMILES string of the molecule is CC1(NC(=O)Cn2cc(N)ccc2=O)CCOC1. The first-order valence-corrected chi connectivity index (χ1v) is 5.83. The molecule has 0 bridgehead atoms. The van der Waals surface area contributed by atoms with E-state index in [1.807, 2.05) is 6.92 Å². The van der Waals surface area contributed by atoms with Crippen molar-refractivity contribution in [3.63, 3.8) is 0 Å². The molecular weight excluding hydrogens is 234 g/mol. The molecule has 1 saturated heterocycles. The predicted octanol–water partition coefficient (Wildman–Crippen LogP) is -0.274. The molecule has 1 aromatic rings. The average molecular weight is 251 g/mol. The van der Waals surface area contributed by atoms with Gasteiger partial charge in [0.15, 0.2) is 0 Å².